The van der Waals surface area contributed by atoms with Gasteiger partial charge in [0.15, 0.2) is 0 Å². The van der Waals surface area contributed by atoms with Crippen LogP contribution in [0.25, 0.3) is 0 Å². The highest BCUT2D eigenvalue weighted by Gasteiger charge is 2.06. The number of hydrogen-bond donors (Lipinski definition) is 1. The summed E-state index contributed by atoms with van der Waals surface area (Å²) in [6.07, 6.45) is 5.31. The van der Waals surface area contributed by atoms with E-state index >= 15 is 0 Å². The van der Waals surface area contributed by atoms with E-state index in [4.69, 9.17) is 0 Å². The first-order valence-electron chi connectivity index (χ1n) is 5.34. The van der Waals surface area contributed by atoms with E-state index in [1.54, 1.807) is 4.68 Å². The molecular weight excluding hydrogens is 176 g/mol. The SMILES string of the molecule is CCNC(CC)CCc1cn(C)nn1. The molecule has 80 valence electrons. The molecule has 0 saturated heterocycles. The average Bonchev–Trinajstić information content (AvgIpc) is 2.59. The van der Waals surface area contributed by atoms with Gasteiger partial charge in [-0.25, -0.2) is 0 Å². The molecule has 0 saturated carbocycles. The molecule has 1 rings (SSSR count). The summed E-state index contributed by atoms with van der Waals surface area (Å²) in [6.45, 7) is 5.40. The molecule has 1 aromatic rings. The fraction of sp³-hybridized carbons (Fsp3) is 0.800. The van der Waals surface area contributed by atoms with Gasteiger partial charge in [-0.15, -0.1) is 5.10 Å². The average molecular weight is 196 g/mol. The van der Waals surface area contributed by atoms with Gasteiger partial charge < -0.3 is 5.32 Å². The zero-order valence-electron chi connectivity index (χ0n) is 9.32. The molecule has 1 unspecified atom stereocenters. The van der Waals surface area contributed by atoms with Crippen molar-refractivity contribution in [2.45, 2.75) is 39.2 Å². The lowest BCUT2D eigenvalue weighted by atomic mass is 10.1. The lowest BCUT2D eigenvalue weighted by Gasteiger charge is -2.14. The minimum atomic E-state index is 0.613. The summed E-state index contributed by atoms with van der Waals surface area (Å²) in [5, 5.41) is 11.4. The standard InChI is InChI=1S/C10H20N4/c1-4-9(11-5-2)6-7-10-8-14(3)13-12-10/h8-9,11H,4-7H2,1-3H3. The topological polar surface area (TPSA) is 42.7 Å². The van der Waals surface area contributed by atoms with Gasteiger partial charge in [0.05, 0.1) is 5.69 Å². The largest absolute Gasteiger partial charge is 0.314 e. The van der Waals surface area contributed by atoms with Crippen molar-refractivity contribution in [1.29, 1.82) is 0 Å². The van der Waals surface area contributed by atoms with Crippen LogP contribution in [-0.2, 0) is 13.5 Å². The minimum absolute atomic E-state index is 0.613. The van der Waals surface area contributed by atoms with Gasteiger partial charge in [-0.3, -0.25) is 4.68 Å². The molecule has 0 spiro atoms. The number of aryl methyl sites for hydroxylation is 2. The predicted octanol–water partition coefficient (Wildman–Crippen LogP) is 1.14. The van der Waals surface area contributed by atoms with Crippen molar-refractivity contribution >= 4 is 0 Å². The maximum absolute atomic E-state index is 4.07. The first-order chi connectivity index (χ1) is 6.76. The molecule has 0 aliphatic rings. The second-order valence-electron chi connectivity index (χ2n) is 3.59. The van der Waals surface area contributed by atoms with Crippen LogP contribution in [0.3, 0.4) is 0 Å². The van der Waals surface area contributed by atoms with Gasteiger partial charge in [0, 0.05) is 19.3 Å². The van der Waals surface area contributed by atoms with Crippen LogP contribution in [0.5, 0.6) is 0 Å². The van der Waals surface area contributed by atoms with Crippen molar-refractivity contribution in [3.8, 4) is 0 Å². The van der Waals surface area contributed by atoms with Gasteiger partial charge in [0.25, 0.3) is 0 Å². The van der Waals surface area contributed by atoms with Crippen LogP contribution in [0, 0.1) is 0 Å². The molecular formula is C10H20N4. The normalized spacial score (nSPS) is 13.1. The minimum Gasteiger partial charge on any atom is -0.314 e. The monoisotopic (exact) mass is 196 g/mol. The molecule has 14 heavy (non-hydrogen) atoms. The number of aromatic nitrogens is 3. The fourth-order valence-electron chi connectivity index (χ4n) is 1.57. The van der Waals surface area contributed by atoms with E-state index in [9.17, 15) is 0 Å². The molecule has 0 aromatic carbocycles. The summed E-state index contributed by atoms with van der Waals surface area (Å²) in [6, 6.07) is 0.613. The van der Waals surface area contributed by atoms with Crippen LogP contribution >= 0.6 is 0 Å². The second-order valence-corrected chi connectivity index (χ2v) is 3.59. The molecule has 0 fully saturated rings. The Morgan fingerprint density at radius 2 is 2.29 bits per heavy atom. The van der Waals surface area contributed by atoms with Crippen LogP contribution in [0.1, 0.15) is 32.4 Å². The van der Waals surface area contributed by atoms with Crippen molar-refractivity contribution in [3.05, 3.63) is 11.9 Å². The first kappa shape index (κ1) is 11.2. The smallest absolute Gasteiger partial charge is 0.0827 e. The molecule has 4 heteroatoms. The highest BCUT2D eigenvalue weighted by molar-refractivity contribution is 4.92. The van der Waals surface area contributed by atoms with Crippen LogP contribution in [0.15, 0.2) is 6.20 Å². The summed E-state index contributed by atoms with van der Waals surface area (Å²) in [4.78, 5) is 0. The van der Waals surface area contributed by atoms with Gasteiger partial charge in [0.1, 0.15) is 0 Å². The molecule has 0 aliphatic heterocycles. The molecule has 1 N–H and O–H groups in total. The zero-order valence-corrected chi connectivity index (χ0v) is 9.32. The van der Waals surface area contributed by atoms with Crippen LogP contribution in [0.4, 0.5) is 0 Å². The molecule has 0 radical (unpaired) electrons. The van der Waals surface area contributed by atoms with E-state index in [-0.39, 0.29) is 0 Å². The molecule has 1 heterocycles. The van der Waals surface area contributed by atoms with Crippen molar-refractivity contribution < 1.29 is 0 Å². The highest BCUT2D eigenvalue weighted by Crippen LogP contribution is 2.03. The molecule has 1 atom stereocenters. The number of nitrogens with one attached hydrogen (secondary N) is 1. The Bertz CT molecular complexity index is 256. The van der Waals surface area contributed by atoms with Gasteiger partial charge in [-0.05, 0) is 25.8 Å². The first-order valence-corrected chi connectivity index (χ1v) is 5.34. The third-order valence-electron chi connectivity index (χ3n) is 2.38. The number of hydrogen-bond acceptors (Lipinski definition) is 3. The summed E-state index contributed by atoms with van der Waals surface area (Å²) in [5.41, 5.74) is 1.09. The van der Waals surface area contributed by atoms with E-state index in [1.165, 1.54) is 6.42 Å². The third-order valence-corrected chi connectivity index (χ3v) is 2.38. The van der Waals surface area contributed by atoms with Crippen LogP contribution < -0.4 is 5.32 Å². The maximum atomic E-state index is 4.07. The van der Waals surface area contributed by atoms with Gasteiger partial charge in [0.2, 0.25) is 0 Å². The second kappa shape index (κ2) is 5.75. The summed E-state index contributed by atoms with van der Waals surface area (Å²) >= 11 is 0. The highest BCUT2D eigenvalue weighted by atomic mass is 15.4. The third kappa shape index (κ3) is 3.46. The summed E-state index contributed by atoms with van der Waals surface area (Å²) < 4.78 is 1.75. The van der Waals surface area contributed by atoms with Crippen molar-refractivity contribution in [3.63, 3.8) is 0 Å². The molecule has 4 nitrogen and oxygen atoms in total. The van der Waals surface area contributed by atoms with Crippen LogP contribution in [0.2, 0.25) is 0 Å². The zero-order chi connectivity index (χ0) is 10.4. The van der Waals surface area contributed by atoms with Crippen molar-refractivity contribution in [2.24, 2.45) is 7.05 Å². The molecule has 0 aliphatic carbocycles. The Balaban J connectivity index is 2.31. The van der Waals surface area contributed by atoms with E-state index in [2.05, 4.69) is 29.5 Å². The Morgan fingerprint density at radius 3 is 2.79 bits per heavy atom. The Hall–Kier alpha value is -0.900. The summed E-state index contributed by atoms with van der Waals surface area (Å²) in [5.74, 6) is 0. The molecule has 0 amide bonds. The van der Waals surface area contributed by atoms with Crippen molar-refractivity contribution in [2.75, 3.05) is 6.54 Å². The van der Waals surface area contributed by atoms with Gasteiger partial charge >= 0.3 is 0 Å². The van der Waals surface area contributed by atoms with Crippen molar-refractivity contribution in [1.82, 2.24) is 20.3 Å². The quantitative estimate of drug-likeness (QED) is 0.742. The van der Waals surface area contributed by atoms with Gasteiger partial charge in [-0.1, -0.05) is 19.1 Å². The van der Waals surface area contributed by atoms with E-state index in [0.717, 1.165) is 25.1 Å². The Labute approximate surface area is 85.7 Å². The van der Waals surface area contributed by atoms with E-state index in [0.29, 0.717) is 6.04 Å². The molecule has 1 aromatic heterocycles. The maximum Gasteiger partial charge on any atom is 0.0827 e. The lowest BCUT2D eigenvalue weighted by Crippen LogP contribution is -2.28. The van der Waals surface area contributed by atoms with E-state index in [1.807, 2.05) is 13.2 Å². The summed E-state index contributed by atoms with van der Waals surface area (Å²) in [7, 11) is 1.90. The fourth-order valence-corrected chi connectivity index (χ4v) is 1.57. The molecule has 0 bridgehead atoms. The number of nitrogens with zero attached hydrogens (tertiary/aromatic N) is 3. The van der Waals surface area contributed by atoms with Crippen LogP contribution in [-0.4, -0.2) is 27.6 Å². The Morgan fingerprint density at radius 1 is 1.50 bits per heavy atom. The van der Waals surface area contributed by atoms with E-state index < -0.39 is 0 Å². The Kier molecular flexibility index (Phi) is 4.59. The number of rotatable bonds is 6. The lowest BCUT2D eigenvalue weighted by molar-refractivity contribution is 0.479. The van der Waals surface area contributed by atoms with Gasteiger partial charge in [-0.2, -0.15) is 0 Å². The predicted molar refractivity (Wildman–Crippen MR) is 57.1 cm³/mol.